The molecule has 4 aromatic rings. The van der Waals surface area contributed by atoms with Gasteiger partial charge in [-0.2, -0.15) is 5.10 Å². The van der Waals surface area contributed by atoms with E-state index >= 15 is 0 Å². The van der Waals surface area contributed by atoms with Crippen LogP contribution in [0.4, 0.5) is 0 Å². The highest BCUT2D eigenvalue weighted by Crippen LogP contribution is 2.31. The van der Waals surface area contributed by atoms with Crippen LogP contribution < -0.4 is 4.74 Å². The van der Waals surface area contributed by atoms with Crippen molar-refractivity contribution in [2.24, 2.45) is 5.92 Å². The SMILES string of the molecule is C(=C\c1n[nH]c2ccccc12)/c1ccc(CN2CCCC2)cc1.COc1ccc(CC(=O)C2CC2)cc1. The summed E-state index contributed by atoms with van der Waals surface area (Å²) in [6, 6.07) is 24.8. The van der Waals surface area contributed by atoms with Crippen LogP contribution in [-0.2, 0) is 17.8 Å². The predicted molar refractivity (Wildman–Crippen MR) is 150 cm³/mol. The number of ketones is 1. The molecular weight excluding hydrogens is 458 g/mol. The average molecular weight is 494 g/mol. The number of carbonyl (C=O) groups is 1. The van der Waals surface area contributed by atoms with E-state index in [2.05, 4.69) is 57.6 Å². The molecule has 1 N–H and O–H groups in total. The number of likely N-dealkylation sites (tertiary alicyclic amines) is 1. The first-order valence-corrected chi connectivity index (χ1v) is 13.3. The lowest BCUT2D eigenvalue weighted by Gasteiger charge is -2.14. The molecule has 0 bridgehead atoms. The van der Waals surface area contributed by atoms with Gasteiger partial charge in [0.2, 0.25) is 0 Å². The molecule has 1 aliphatic carbocycles. The van der Waals surface area contributed by atoms with Gasteiger partial charge in [0.1, 0.15) is 11.5 Å². The first-order chi connectivity index (χ1) is 18.2. The van der Waals surface area contributed by atoms with E-state index < -0.39 is 0 Å². The summed E-state index contributed by atoms with van der Waals surface area (Å²) in [7, 11) is 1.64. The molecule has 2 heterocycles. The third kappa shape index (κ3) is 6.95. The summed E-state index contributed by atoms with van der Waals surface area (Å²) in [5.74, 6) is 1.58. The second-order valence-corrected chi connectivity index (χ2v) is 9.98. The molecule has 1 saturated heterocycles. The van der Waals surface area contributed by atoms with Gasteiger partial charge in [0.05, 0.1) is 18.3 Å². The molecule has 190 valence electrons. The number of aromatic amines is 1. The molecule has 1 aromatic heterocycles. The Bertz CT molecular complexity index is 1330. The predicted octanol–water partition coefficient (Wildman–Crippen LogP) is 6.55. The number of methoxy groups -OCH3 is 1. The lowest BCUT2D eigenvalue weighted by atomic mass is 10.1. The Morgan fingerprint density at radius 2 is 1.65 bits per heavy atom. The minimum absolute atomic E-state index is 0.358. The van der Waals surface area contributed by atoms with Crippen molar-refractivity contribution in [1.29, 1.82) is 0 Å². The number of Topliss-reactive ketones (excluding diaryl/α,β-unsaturated/α-hetero) is 1. The number of H-pyrrole nitrogens is 1. The summed E-state index contributed by atoms with van der Waals surface area (Å²) in [5, 5.41) is 8.61. The van der Waals surface area contributed by atoms with Crippen LogP contribution >= 0.6 is 0 Å². The van der Waals surface area contributed by atoms with Crippen LogP contribution in [0.15, 0.2) is 72.8 Å². The summed E-state index contributed by atoms with van der Waals surface area (Å²) < 4.78 is 5.05. The maximum absolute atomic E-state index is 11.5. The summed E-state index contributed by atoms with van der Waals surface area (Å²) >= 11 is 0. The normalized spacial score (nSPS) is 15.6. The number of para-hydroxylation sites is 1. The van der Waals surface area contributed by atoms with Crippen molar-refractivity contribution in [2.75, 3.05) is 20.2 Å². The molecule has 0 unspecified atom stereocenters. The Labute approximate surface area is 219 Å². The van der Waals surface area contributed by atoms with E-state index in [9.17, 15) is 4.79 Å². The largest absolute Gasteiger partial charge is 0.497 e. The van der Waals surface area contributed by atoms with E-state index in [4.69, 9.17) is 4.74 Å². The molecule has 37 heavy (non-hydrogen) atoms. The van der Waals surface area contributed by atoms with E-state index in [1.807, 2.05) is 42.5 Å². The minimum Gasteiger partial charge on any atom is -0.497 e. The van der Waals surface area contributed by atoms with Gasteiger partial charge in [-0.1, -0.05) is 60.7 Å². The van der Waals surface area contributed by atoms with Crippen LogP contribution in [0.5, 0.6) is 5.75 Å². The molecule has 5 nitrogen and oxygen atoms in total. The van der Waals surface area contributed by atoms with Crippen LogP contribution in [0.1, 0.15) is 48.1 Å². The third-order valence-electron chi connectivity index (χ3n) is 7.09. The topological polar surface area (TPSA) is 58.2 Å². The molecular formula is C32H35N3O2. The highest BCUT2D eigenvalue weighted by molar-refractivity contribution is 5.89. The van der Waals surface area contributed by atoms with E-state index in [1.54, 1.807) is 7.11 Å². The molecule has 1 saturated carbocycles. The van der Waals surface area contributed by atoms with Gasteiger partial charge in [-0.25, -0.2) is 0 Å². The first kappa shape index (κ1) is 25.0. The van der Waals surface area contributed by atoms with Gasteiger partial charge in [0, 0.05) is 24.3 Å². The fraction of sp³-hybridized carbons (Fsp3) is 0.312. The molecule has 0 atom stereocenters. The van der Waals surface area contributed by atoms with Crippen LogP contribution in [0.25, 0.3) is 23.1 Å². The van der Waals surface area contributed by atoms with Gasteiger partial charge in [0.15, 0.2) is 0 Å². The standard InChI is InChI=1S/C20H21N3.C12H14O2/c1-2-6-19-18(5-1)20(22-21-19)12-11-16-7-9-17(10-8-16)15-23-13-3-4-14-23;1-14-11-6-2-9(3-7-11)8-12(13)10-4-5-10/h1-2,5-12H,3-4,13-15H2,(H,21,22);2-3,6-7,10H,4-5,8H2,1H3/b12-11+;. The lowest BCUT2D eigenvalue weighted by molar-refractivity contribution is -0.119. The van der Waals surface area contributed by atoms with Gasteiger partial charge in [-0.3, -0.25) is 14.8 Å². The van der Waals surface area contributed by atoms with Crippen molar-refractivity contribution in [1.82, 2.24) is 15.1 Å². The number of aromatic nitrogens is 2. The number of benzene rings is 3. The zero-order valence-electron chi connectivity index (χ0n) is 21.5. The quantitative estimate of drug-likeness (QED) is 0.303. The second-order valence-electron chi connectivity index (χ2n) is 9.98. The monoisotopic (exact) mass is 493 g/mol. The number of nitrogens with one attached hydrogen (secondary N) is 1. The molecule has 2 aliphatic rings. The number of fused-ring (bicyclic) bond motifs is 1. The lowest BCUT2D eigenvalue weighted by Crippen LogP contribution is -2.18. The van der Waals surface area contributed by atoms with Crippen molar-refractivity contribution in [3.8, 4) is 5.75 Å². The van der Waals surface area contributed by atoms with Gasteiger partial charge < -0.3 is 4.74 Å². The fourth-order valence-corrected chi connectivity index (χ4v) is 4.71. The van der Waals surface area contributed by atoms with Crippen LogP contribution in [0.2, 0.25) is 0 Å². The Kier molecular flexibility index (Phi) is 8.11. The maximum Gasteiger partial charge on any atom is 0.140 e. The smallest absolute Gasteiger partial charge is 0.140 e. The van der Waals surface area contributed by atoms with Crippen molar-refractivity contribution < 1.29 is 9.53 Å². The minimum atomic E-state index is 0.358. The van der Waals surface area contributed by atoms with Crippen LogP contribution in [0.3, 0.4) is 0 Å². The summed E-state index contributed by atoms with van der Waals surface area (Å²) in [4.78, 5) is 14.0. The summed E-state index contributed by atoms with van der Waals surface area (Å²) in [6.45, 7) is 3.57. The molecule has 1 aliphatic heterocycles. The van der Waals surface area contributed by atoms with Gasteiger partial charge in [-0.15, -0.1) is 0 Å². The Morgan fingerprint density at radius 1 is 0.946 bits per heavy atom. The average Bonchev–Trinajstić information content (AvgIpc) is 3.53. The number of hydrogen-bond acceptors (Lipinski definition) is 4. The number of hydrogen-bond donors (Lipinski definition) is 1. The Hall–Kier alpha value is -3.70. The van der Waals surface area contributed by atoms with Crippen LogP contribution in [0, 0.1) is 5.92 Å². The molecule has 0 spiro atoms. The Balaban J connectivity index is 0.000000171. The fourth-order valence-electron chi connectivity index (χ4n) is 4.71. The van der Waals surface area contributed by atoms with E-state index in [0.29, 0.717) is 18.1 Å². The van der Waals surface area contributed by atoms with Gasteiger partial charge >= 0.3 is 0 Å². The number of carbonyl (C=O) groups excluding carboxylic acids is 1. The molecule has 0 radical (unpaired) electrons. The molecule has 5 heteroatoms. The van der Waals surface area contributed by atoms with Gasteiger partial charge in [-0.05, 0) is 79.7 Å². The van der Waals surface area contributed by atoms with E-state index in [-0.39, 0.29) is 0 Å². The number of nitrogens with zero attached hydrogens (tertiary/aromatic N) is 2. The number of ether oxygens (including phenoxy) is 1. The van der Waals surface area contributed by atoms with Crippen LogP contribution in [-0.4, -0.2) is 41.1 Å². The van der Waals surface area contributed by atoms with Crippen molar-refractivity contribution in [3.05, 3.63) is 95.2 Å². The molecule has 0 amide bonds. The maximum atomic E-state index is 11.5. The molecule has 2 fully saturated rings. The zero-order chi connectivity index (χ0) is 25.5. The van der Waals surface area contributed by atoms with Crippen molar-refractivity contribution in [3.63, 3.8) is 0 Å². The highest BCUT2D eigenvalue weighted by Gasteiger charge is 2.28. The van der Waals surface area contributed by atoms with Crippen molar-refractivity contribution in [2.45, 2.75) is 38.6 Å². The summed E-state index contributed by atoms with van der Waals surface area (Å²) in [6.07, 6.45) is 9.66. The zero-order valence-corrected chi connectivity index (χ0v) is 21.5. The summed E-state index contributed by atoms with van der Waals surface area (Å²) in [5.41, 5.74) is 5.76. The first-order valence-electron chi connectivity index (χ1n) is 13.3. The second kappa shape index (κ2) is 12.0. The third-order valence-corrected chi connectivity index (χ3v) is 7.09. The highest BCUT2D eigenvalue weighted by atomic mass is 16.5. The van der Waals surface area contributed by atoms with E-state index in [0.717, 1.165) is 47.3 Å². The Morgan fingerprint density at radius 3 is 2.35 bits per heavy atom. The number of rotatable bonds is 8. The molecule has 3 aromatic carbocycles. The van der Waals surface area contributed by atoms with Gasteiger partial charge in [0.25, 0.3) is 0 Å². The van der Waals surface area contributed by atoms with E-state index in [1.165, 1.54) is 37.1 Å². The molecule has 6 rings (SSSR count). The van der Waals surface area contributed by atoms with Crippen molar-refractivity contribution >= 4 is 28.8 Å².